The van der Waals surface area contributed by atoms with Crippen molar-refractivity contribution < 1.29 is 14.6 Å². The van der Waals surface area contributed by atoms with Gasteiger partial charge in [0.15, 0.2) is 5.13 Å². The predicted octanol–water partition coefficient (Wildman–Crippen LogP) is 6.30. The first-order valence-corrected chi connectivity index (χ1v) is 13.0. The van der Waals surface area contributed by atoms with Gasteiger partial charge < -0.3 is 14.7 Å². The Labute approximate surface area is 221 Å². The van der Waals surface area contributed by atoms with E-state index in [0.717, 1.165) is 27.6 Å². The molecule has 1 aliphatic carbocycles. The first-order chi connectivity index (χ1) is 18.1. The predicted molar refractivity (Wildman–Crippen MR) is 149 cm³/mol. The van der Waals surface area contributed by atoms with Gasteiger partial charge in [-0.3, -0.25) is 4.79 Å². The second kappa shape index (κ2) is 11.4. The molecule has 5 nitrogen and oxygen atoms in total. The summed E-state index contributed by atoms with van der Waals surface area (Å²) in [5.74, 6) is 0.770. The molecule has 0 saturated heterocycles. The summed E-state index contributed by atoms with van der Waals surface area (Å²) in [6.45, 7) is 1.22. The van der Waals surface area contributed by atoms with Gasteiger partial charge in [-0.2, -0.15) is 0 Å². The molecule has 1 atom stereocenters. The summed E-state index contributed by atoms with van der Waals surface area (Å²) >= 11 is 1.42. The largest absolute Gasteiger partial charge is 0.497 e. The average Bonchev–Trinajstić information content (AvgIpc) is 3.40. The number of methoxy groups -OCH3 is 1. The number of hydrogen-bond acceptors (Lipinski definition) is 6. The van der Waals surface area contributed by atoms with Gasteiger partial charge in [-0.25, -0.2) is 4.98 Å². The lowest BCUT2D eigenvalue weighted by Crippen LogP contribution is -2.25. The fourth-order valence-electron chi connectivity index (χ4n) is 4.24. The second-order valence-corrected chi connectivity index (χ2v) is 9.86. The van der Waals surface area contributed by atoms with Crippen LogP contribution < -0.4 is 9.64 Å². The molecule has 4 aromatic rings. The Balaban J connectivity index is 1.55. The number of aliphatic hydroxyl groups is 1. The molecule has 0 amide bonds. The number of benzene rings is 3. The molecule has 3 aromatic carbocycles. The Bertz CT molecular complexity index is 1410. The first-order valence-electron chi connectivity index (χ1n) is 12.2. The highest BCUT2D eigenvalue weighted by atomic mass is 32.1. The van der Waals surface area contributed by atoms with Gasteiger partial charge >= 0.3 is 0 Å². The van der Waals surface area contributed by atoms with Gasteiger partial charge in [0.2, 0.25) is 5.78 Å². The van der Waals surface area contributed by atoms with E-state index in [9.17, 15) is 9.90 Å². The minimum atomic E-state index is -0.446. The number of carbonyl (C=O) groups is 1. The van der Waals surface area contributed by atoms with E-state index < -0.39 is 6.10 Å². The fourth-order valence-corrected chi connectivity index (χ4v) is 5.29. The molecular formula is C31H28N2O3S. The fraction of sp³-hybridized carbons (Fsp3) is 0.161. The van der Waals surface area contributed by atoms with Crippen LogP contribution in [0.2, 0.25) is 0 Å². The highest BCUT2D eigenvalue weighted by Crippen LogP contribution is 2.36. The van der Waals surface area contributed by atoms with Crippen LogP contribution in [0.5, 0.6) is 5.75 Å². The molecule has 0 fully saturated rings. The third kappa shape index (κ3) is 5.88. The Morgan fingerprint density at radius 1 is 1.00 bits per heavy atom. The molecule has 5 rings (SSSR count). The van der Waals surface area contributed by atoms with E-state index in [-0.39, 0.29) is 5.78 Å². The van der Waals surface area contributed by atoms with Gasteiger partial charge in [-0.15, -0.1) is 0 Å². The van der Waals surface area contributed by atoms with Gasteiger partial charge in [0, 0.05) is 24.2 Å². The number of ketones is 1. The van der Waals surface area contributed by atoms with Gasteiger partial charge in [0.25, 0.3) is 0 Å². The summed E-state index contributed by atoms with van der Waals surface area (Å²) in [4.78, 5) is 21.5. The number of aromatic nitrogens is 1. The molecule has 1 unspecified atom stereocenters. The van der Waals surface area contributed by atoms with Crippen LogP contribution >= 0.6 is 11.3 Å². The SMILES string of the molecule is COc1ccc(CN(CC2=CCC(O)C=C2)c2nc(-c3ccccc3)c(C(=O)c3ccccc3)s2)cc1. The lowest BCUT2D eigenvalue weighted by atomic mass is 10.0. The Morgan fingerprint density at radius 2 is 1.70 bits per heavy atom. The maximum absolute atomic E-state index is 13.6. The maximum Gasteiger partial charge on any atom is 0.205 e. The van der Waals surface area contributed by atoms with Crippen LogP contribution in [0.15, 0.2) is 109 Å². The number of carbonyl (C=O) groups excluding carboxylic acids is 1. The number of nitrogens with zero attached hydrogens (tertiary/aromatic N) is 2. The van der Waals surface area contributed by atoms with E-state index in [0.29, 0.717) is 35.6 Å². The van der Waals surface area contributed by atoms with Crippen molar-refractivity contribution >= 4 is 22.3 Å². The quantitative estimate of drug-likeness (QED) is 0.269. The number of rotatable bonds is 9. The van der Waals surface area contributed by atoms with Gasteiger partial charge in [-0.05, 0) is 29.7 Å². The van der Waals surface area contributed by atoms with Crippen LogP contribution in [-0.4, -0.2) is 35.6 Å². The van der Waals surface area contributed by atoms with E-state index in [1.54, 1.807) is 7.11 Å². The third-order valence-electron chi connectivity index (χ3n) is 6.24. The first kappa shape index (κ1) is 24.7. The van der Waals surface area contributed by atoms with Crippen molar-refractivity contribution in [3.63, 3.8) is 0 Å². The van der Waals surface area contributed by atoms with Crippen molar-refractivity contribution in [2.75, 3.05) is 18.6 Å². The van der Waals surface area contributed by atoms with E-state index in [4.69, 9.17) is 9.72 Å². The molecular weight excluding hydrogens is 480 g/mol. The normalized spacial score (nSPS) is 14.8. The highest BCUT2D eigenvalue weighted by Gasteiger charge is 2.24. The zero-order valence-electron chi connectivity index (χ0n) is 20.6. The van der Waals surface area contributed by atoms with E-state index in [1.165, 1.54) is 11.3 Å². The van der Waals surface area contributed by atoms with E-state index >= 15 is 0 Å². The number of aliphatic hydroxyl groups excluding tert-OH is 1. The van der Waals surface area contributed by atoms with Gasteiger partial charge in [0.05, 0.1) is 18.9 Å². The molecule has 1 aliphatic rings. The molecule has 1 N–H and O–H groups in total. The summed E-state index contributed by atoms with van der Waals surface area (Å²) in [5.41, 5.74) is 4.45. The molecule has 1 aromatic heterocycles. The lowest BCUT2D eigenvalue weighted by Gasteiger charge is -2.24. The maximum atomic E-state index is 13.6. The van der Waals surface area contributed by atoms with Crippen LogP contribution in [0, 0.1) is 0 Å². The van der Waals surface area contributed by atoms with Crippen LogP contribution in [-0.2, 0) is 6.54 Å². The van der Waals surface area contributed by atoms with Crippen molar-refractivity contribution in [3.05, 3.63) is 125 Å². The highest BCUT2D eigenvalue weighted by molar-refractivity contribution is 7.18. The average molecular weight is 509 g/mol. The standard InChI is InChI=1S/C31H28N2O3S/c1-36-27-18-14-23(15-19-27)21-33(20-22-12-16-26(34)17-13-22)31-32-28(24-8-4-2-5-9-24)30(37-31)29(35)25-10-6-3-7-11-25/h2-16,18-19,26,34H,17,20-21H2,1H3. The smallest absolute Gasteiger partial charge is 0.205 e. The van der Waals surface area contributed by atoms with Crippen molar-refractivity contribution in [1.29, 1.82) is 0 Å². The zero-order valence-corrected chi connectivity index (χ0v) is 21.4. The van der Waals surface area contributed by atoms with Crippen molar-refractivity contribution in [2.24, 2.45) is 0 Å². The topological polar surface area (TPSA) is 62.7 Å². The number of anilines is 1. The van der Waals surface area contributed by atoms with Crippen molar-refractivity contribution in [1.82, 2.24) is 4.98 Å². The summed E-state index contributed by atoms with van der Waals surface area (Å²) in [6.07, 6.45) is 6.00. The molecule has 6 heteroatoms. The summed E-state index contributed by atoms with van der Waals surface area (Å²) in [7, 11) is 1.66. The summed E-state index contributed by atoms with van der Waals surface area (Å²) < 4.78 is 5.32. The monoisotopic (exact) mass is 508 g/mol. The lowest BCUT2D eigenvalue weighted by molar-refractivity contribution is 0.104. The van der Waals surface area contributed by atoms with Crippen LogP contribution in [0.3, 0.4) is 0 Å². The Morgan fingerprint density at radius 3 is 2.35 bits per heavy atom. The molecule has 0 spiro atoms. The van der Waals surface area contributed by atoms with Crippen LogP contribution in [0.25, 0.3) is 11.3 Å². The van der Waals surface area contributed by atoms with Gasteiger partial charge in [0.1, 0.15) is 10.6 Å². The van der Waals surface area contributed by atoms with Crippen LogP contribution in [0.1, 0.15) is 27.2 Å². The molecule has 0 bridgehead atoms. The van der Waals surface area contributed by atoms with E-state index in [2.05, 4.69) is 11.0 Å². The molecule has 37 heavy (non-hydrogen) atoms. The summed E-state index contributed by atoms with van der Waals surface area (Å²) in [6, 6.07) is 27.2. The minimum absolute atomic E-state index is 0.0347. The third-order valence-corrected chi connectivity index (χ3v) is 7.35. The number of hydrogen-bond donors (Lipinski definition) is 1. The van der Waals surface area contributed by atoms with Crippen molar-refractivity contribution in [3.8, 4) is 17.0 Å². The molecule has 0 radical (unpaired) electrons. The second-order valence-electron chi connectivity index (χ2n) is 8.88. The zero-order chi connectivity index (χ0) is 25.6. The van der Waals surface area contributed by atoms with Gasteiger partial charge in [-0.1, -0.05) is 102 Å². The Hall–Kier alpha value is -4.00. The molecule has 186 valence electrons. The number of thiazole rings is 1. The minimum Gasteiger partial charge on any atom is -0.497 e. The Kier molecular flexibility index (Phi) is 7.59. The van der Waals surface area contributed by atoms with E-state index in [1.807, 2.05) is 97.1 Å². The molecule has 1 heterocycles. The van der Waals surface area contributed by atoms with Crippen molar-refractivity contribution in [2.45, 2.75) is 19.1 Å². The molecule has 0 saturated carbocycles. The van der Waals surface area contributed by atoms with Crippen LogP contribution in [0.4, 0.5) is 5.13 Å². The summed E-state index contributed by atoms with van der Waals surface area (Å²) in [5, 5.41) is 10.7. The molecule has 0 aliphatic heterocycles. The number of ether oxygens (including phenoxy) is 1.